The van der Waals surface area contributed by atoms with Crippen LogP contribution in [0.15, 0.2) is 9.85 Å². The predicted molar refractivity (Wildman–Crippen MR) is 76.7 cm³/mol. The molecule has 1 aromatic rings. The van der Waals surface area contributed by atoms with Gasteiger partial charge in [-0.05, 0) is 32.1 Å². The van der Waals surface area contributed by atoms with E-state index in [1.807, 2.05) is 6.92 Å². The Labute approximate surface area is 121 Å². The molecule has 1 heterocycles. The highest BCUT2D eigenvalue weighted by Gasteiger charge is 2.40. The molecule has 7 heteroatoms. The lowest BCUT2D eigenvalue weighted by atomic mass is 9.90. The number of aliphatic carboxylic acids is 1. The lowest BCUT2D eigenvalue weighted by Gasteiger charge is -2.29. The second-order valence-electron chi connectivity index (χ2n) is 4.82. The summed E-state index contributed by atoms with van der Waals surface area (Å²) in [5, 5.41) is 20.6. The minimum atomic E-state index is -0.747. The summed E-state index contributed by atoms with van der Waals surface area (Å²) >= 11 is 3.17. The lowest BCUT2D eigenvalue weighted by molar-refractivity contribution is -0.145. The highest BCUT2D eigenvalue weighted by Crippen LogP contribution is 2.29. The van der Waals surface area contributed by atoms with Crippen LogP contribution in [-0.2, 0) is 4.79 Å². The fourth-order valence-electron chi connectivity index (χ4n) is 2.05. The zero-order valence-electron chi connectivity index (χ0n) is 11.0. The number of rotatable bonds is 9. The molecule has 1 aromatic heterocycles. The molecular weight excluding hydrogens is 282 g/mol. The van der Waals surface area contributed by atoms with Crippen molar-refractivity contribution in [1.29, 1.82) is 0 Å². The molecule has 1 aliphatic rings. The van der Waals surface area contributed by atoms with Crippen LogP contribution in [0.4, 0.5) is 0 Å². The monoisotopic (exact) mass is 301 g/mol. The molecule has 1 fully saturated rings. The van der Waals surface area contributed by atoms with Gasteiger partial charge < -0.3 is 5.11 Å². The number of carboxylic acid groups (broad SMARTS) is 1. The van der Waals surface area contributed by atoms with Crippen molar-refractivity contribution in [3.8, 4) is 0 Å². The highest BCUT2D eigenvalue weighted by atomic mass is 32.2. The van der Waals surface area contributed by atoms with Gasteiger partial charge in [-0.25, -0.2) is 0 Å². The van der Waals surface area contributed by atoms with Crippen LogP contribution in [0.1, 0.15) is 39.0 Å². The van der Waals surface area contributed by atoms with Gasteiger partial charge in [-0.2, -0.15) is 0 Å². The Balaban J connectivity index is 1.80. The van der Waals surface area contributed by atoms with E-state index in [9.17, 15) is 9.90 Å². The van der Waals surface area contributed by atoms with Crippen LogP contribution < -0.4 is 5.32 Å². The Hall–Kier alpha value is -0.660. The Bertz CT molecular complexity index is 409. The molecule has 2 N–H and O–H groups in total. The number of nitrogens with zero attached hydrogens (tertiary/aromatic N) is 2. The van der Waals surface area contributed by atoms with Crippen LogP contribution in [0.5, 0.6) is 0 Å². The zero-order chi connectivity index (χ0) is 13.7. The predicted octanol–water partition coefficient (Wildman–Crippen LogP) is 2.40. The molecule has 5 nitrogen and oxygen atoms in total. The second kappa shape index (κ2) is 6.67. The highest BCUT2D eigenvalue weighted by molar-refractivity contribution is 8.00. The van der Waals surface area contributed by atoms with Crippen molar-refractivity contribution in [1.82, 2.24) is 15.5 Å². The first-order valence-electron chi connectivity index (χ1n) is 6.56. The van der Waals surface area contributed by atoms with Crippen LogP contribution in [0.25, 0.3) is 0 Å². The van der Waals surface area contributed by atoms with Crippen molar-refractivity contribution in [2.24, 2.45) is 0 Å². The van der Waals surface area contributed by atoms with E-state index in [0.29, 0.717) is 18.9 Å². The lowest BCUT2D eigenvalue weighted by Crippen LogP contribution is -2.52. The summed E-state index contributed by atoms with van der Waals surface area (Å²) in [7, 11) is 0. The maximum absolute atomic E-state index is 11.5. The van der Waals surface area contributed by atoms with Crippen LogP contribution in [0, 0.1) is 0 Å². The van der Waals surface area contributed by atoms with E-state index >= 15 is 0 Å². The number of nitrogens with one attached hydrogen (secondary N) is 1. The fourth-order valence-corrected chi connectivity index (χ4v) is 3.55. The number of carbonyl (C=O) groups is 1. The number of carboxylic acids is 1. The Morgan fingerprint density at radius 1 is 1.68 bits per heavy atom. The van der Waals surface area contributed by atoms with Crippen molar-refractivity contribution >= 4 is 29.1 Å². The van der Waals surface area contributed by atoms with E-state index in [2.05, 4.69) is 15.5 Å². The topological polar surface area (TPSA) is 75.1 Å². The third kappa shape index (κ3) is 4.15. The van der Waals surface area contributed by atoms with Gasteiger partial charge in [0.2, 0.25) is 0 Å². The summed E-state index contributed by atoms with van der Waals surface area (Å²) in [5.41, 5.74) is 0.966. The largest absolute Gasteiger partial charge is 0.480 e. The summed E-state index contributed by atoms with van der Waals surface area (Å²) in [6.07, 6.45) is 4.37. The normalized spacial score (nSPS) is 18.2. The maximum atomic E-state index is 11.5. The van der Waals surface area contributed by atoms with E-state index in [4.69, 9.17) is 0 Å². The molecule has 1 atom stereocenters. The summed E-state index contributed by atoms with van der Waals surface area (Å²) in [5.74, 6) is 0.166. The molecule has 0 saturated heterocycles. The van der Waals surface area contributed by atoms with Gasteiger partial charge in [0.25, 0.3) is 0 Å². The molecule has 0 aromatic carbocycles. The summed E-state index contributed by atoms with van der Waals surface area (Å²) < 4.78 is 0.951. The number of hydrogen-bond donors (Lipinski definition) is 2. The molecule has 19 heavy (non-hydrogen) atoms. The average Bonchev–Trinajstić information content (AvgIpc) is 3.05. The molecule has 1 unspecified atom stereocenters. The number of aromatic nitrogens is 2. The van der Waals surface area contributed by atoms with Crippen LogP contribution >= 0.6 is 23.1 Å². The molecule has 0 radical (unpaired) electrons. The molecule has 0 spiro atoms. The standard InChI is InChI=1S/C12H19N3O2S2/c1-2-12(10(16)17,14-9-4-5-9)6-3-7-18-11-15-13-8-19-11/h8-9,14H,2-7H2,1H3,(H,16,17). The minimum Gasteiger partial charge on any atom is -0.480 e. The molecule has 2 rings (SSSR count). The van der Waals surface area contributed by atoms with Gasteiger partial charge in [0.1, 0.15) is 11.0 Å². The Kier molecular flexibility index (Phi) is 5.18. The summed E-state index contributed by atoms with van der Waals surface area (Å²) in [4.78, 5) is 11.5. The molecule has 1 saturated carbocycles. The van der Waals surface area contributed by atoms with Crippen LogP contribution in [0.3, 0.4) is 0 Å². The van der Waals surface area contributed by atoms with Crippen molar-refractivity contribution < 1.29 is 9.90 Å². The molecule has 1 aliphatic carbocycles. The molecular formula is C12H19N3O2S2. The molecule has 0 bridgehead atoms. The van der Waals surface area contributed by atoms with Gasteiger partial charge in [-0.3, -0.25) is 10.1 Å². The first-order chi connectivity index (χ1) is 9.16. The first kappa shape index (κ1) is 14.7. The fraction of sp³-hybridized carbons (Fsp3) is 0.750. The van der Waals surface area contributed by atoms with Crippen LogP contribution in [0.2, 0.25) is 0 Å². The van der Waals surface area contributed by atoms with Gasteiger partial charge in [0, 0.05) is 11.8 Å². The van der Waals surface area contributed by atoms with Crippen molar-refractivity contribution in [2.45, 2.75) is 54.9 Å². The quantitative estimate of drug-likeness (QED) is 0.539. The SMILES string of the molecule is CCC(CCCSc1nncs1)(NC1CC1)C(=O)O. The van der Waals surface area contributed by atoms with E-state index in [1.54, 1.807) is 17.3 Å². The smallest absolute Gasteiger partial charge is 0.323 e. The third-order valence-electron chi connectivity index (χ3n) is 3.38. The first-order valence-corrected chi connectivity index (χ1v) is 8.43. The van der Waals surface area contributed by atoms with E-state index in [1.165, 1.54) is 11.3 Å². The number of thioether (sulfide) groups is 1. The Morgan fingerprint density at radius 2 is 2.47 bits per heavy atom. The summed E-state index contributed by atoms with van der Waals surface area (Å²) in [6.45, 7) is 1.95. The van der Waals surface area contributed by atoms with Gasteiger partial charge in [0.05, 0.1) is 0 Å². The second-order valence-corrected chi connectivity index (χ2v) is 6.99. The molecule has 106 valence electrons. The van der Waals surface area contributed by atoms with E-state index in [-0.39, 0.29) is 0 Å². The van der Waals surface area contributed by atoms with Crippen molar-refractivity contribution in [2.75, 3.05) is 5.75 Å². The van der Waals surface area contributed by atoms with E-state index in [0.717, 1.165) is 29.4 Å². The average molecular weight is 301 g/mol. The van der Waals surface area contributed by atoms with Crippen LogP contribution in [-0.4, -0.2) is 38.6 Å². The van der Waals surface area contributed by atoms with Gasteiger partial charge >= 0.3 is 5.97 Å². The number of hydrogen-bond acceptors (Lipinski definition) is 6. The van der Waals surface area contributed by atoms with E-state index < -0.39 is 11.5 Å². The van der Waals surface area contributed by atoms with Gasteiger partial charge in [-0.1, -0.05) is 30.0 Å². The third-order valence-corrected chi connectivity index (χ3v) is 5.33. The molecule has 0 amide bonds. The van der Waals surface area contributed by atoms with Gasteiger partial charge in [0.15, 0.2) is 4.34 Å². The zero-order valence-corrected chi connectivity index (χ0v) is 12.6. The van der Waals surface area contributed by atoms with Gasteiger partial charge in [-0.15, -0.1) is 10.2 Å². The minimum absolute atomic E-state index is 0.409. The maximum Gasteiger partial charge on any atom is 0.323 e. The Morgan fingerprint density at radius 3 is 3.00 bits per heavy atom. The summed E-state index contributed by atoms with van der Waals surface area (Å²) in [6, 6.07) is 0.409. The van der Waals surface area contributed by atoms with Crippen molar-refractivity contribution in [3.63, 3.8) is 0 Å². The molecule has 0 aliphatic heterocycles. The van der Waals surface area contributed by atoms with Crippen molar-refractivity contribution in [3.05, 3.63) is 5.51 Å².